The summed E-state index contributed by atoms with van der Waals surface area (Å²) in [6.45, 7) is 9.44. The largest absolute Gasteiger partial charge is 0.343 e. The van der Waals surface area contributed by atoms with Crippen LogP contribution in [0.4, 0.5) is 0 Å². The normalized spacial score (nSPS) is 16.2. The number of piperazine rings is 1. The SMILES string of the molecule is CCc1cc(-c2nc(-c3cc(C(=O)N4CCN(Cc5ccccc5)CC4)c(C)n3CC3CC3)cs2)ccn1. The van der Waals surface area contributed by atoms with Crippen LogP contribution in [0.25, 0.3) is 22.0 Å². The molecule has 2 aliphatic rings. The van der Waals surface area contributed by atoms with Crippen molar-refractivity contribution in [3.8, 4) is 22.0 Å². The van der Waals surface area contributed by atoms with Crippen molar-refractivity contribution in [3.63, 3.8) is 0 Å². The second-order valence-electron chi connectivity index (χ2n) is 10.6. The van der Waals surface area contributed by atoms with Crippen LogP contribution >= 0.6 is 11.3 Å². The van der Waals surface area contributed by atoms with Crippen molar-refractivity contribution in [2.45, 2.75) is 46.2 Å². The van der Waals surface area contributed by atoms with Crippen LogP contribution in [0.5, 0.6) is 0 Å². The van der Waals surface area contributed by atoms with E-state index >= 15 is 0 Å². The first-order valence-corrected chi connectivity index (χ1v) is 14.6. The molecule has 6 nitrogen and oxygen atoms in total. The van der Waals surface area contributed by atoms with Crippen molar-refractivity contribution >= 4 is 17.2 Å². The van der Waals surface area contributed by atoms with Gasteiger partial charge in [0.2, 0.25) is 0 Å². The molecule has 1 saturated carbocycles. The number of aryl methyl sites for hydroxylation is 1. The van der Waals surface area contributed by atoms with E-state index in [0.29, 0.717) is 5.92 Å². The number of nitrogens with zero attached hydrogens (tertiary/aromatic N) is 5. The summed E-state index contributed by atoms with van der Waals surface area (Å²) in [5.41, 5.74) is 7.41. The smallest absolute Gasteiger partial charge is 0.255 e. The van der Waals surface area contributed by atoms with E-state index in [1.165, 1.54) is 18.4 Å². The fraction of sp³-hybridized carbons (Fsp3) is 0.387. The molecule has 196 valence electrons. The second-order valence-corrected chi connectivity index (χ2v) is 11.4. The molecule has 0 radical (unpaired) electrons. The summed E-state index contributed by atoms with van der Waals surface area (Å²) < 4.78 is 2.35. The summed E-state index contributed by atoms with van der Waals surface area (Å²) in [7, 11) is 0. The van der Waals surface area contributed by atoms with Crippen LogP contribution in [-0.4, -0.2) is 56.4 Å². The van der Waals surface area contributed by atoms with E-state index in [1.54, 1.807) is 11.3 Å². The lowest BCUT2D eigenvalue weighted by atomic mass is 10.1. The topological polar surface area (TPSA) is 54.3 Å². The molecule has 1 aliphatic carbocycles. The van der Waals surface area contributed by atoms with Gasteiger partial charge in [-0.1, -0.05) is 37.3 Å². The van der Waals surface area contributed by atoms with Crippen LogP contribution in [0.15, 0.2) is 60.1 Å². The van der Waals surface area contributed by atoms with E-state index in [2.05, 4.69) is 76.1 Å². The number of pyridine rings is 1. The van der Waals surface area contributed by atoms with Crippen molar-refractivity contribution in [2.75, 3.05) is 26.2 Å². The van der Waals surface area contributed by atoms with Gasteiger partial charge in [0.15, 0.2) is 0 Å². The zero-order chi connectivity index (χ0) is 26.1. The van der Waals surface area contributed by atoms with Gasteiger partial charge in [0.05, 0.1) is 17.0 Å². The number of hydrogen-bond donors (Lipinski definition) is 0. The molecule has 4 heterocycles. The van der Waals surface area contributed by atoms with Crippen LogP contribution < -0.4 is 0 Å². The summed E-state index contributed by atoms with van der Waals surface area (Å²) in [6, 6.07) is 16.8. The molecule has 6 rings (SSSR count). The fourth-order valence-electron chi connectivity index (χ4n) is 5.32. The number of carbonyl (C=O) groups excluding carboxylic acids is 1. The first-order chi connectivity index (χ1) is 18.6. The Balaban J connectivity index is 1.22. The highest BCUT2D eigenvalue weighted by Gasteiger charge is 2.29. The predicted octanol–water partition coefficient (Wildman–Crippen LogP) is 5.91. The van der Waals surface area contributed by atoms with Gasteiger partial charge in [-0.3, -0.25) is 14.7 Å². The number of amides is 1. The van der Waals surface area contributed by atoms with Crippen molar-refractivity contribution < 1.29 is 4.79 Å². The van der Waals surface area contributed by atoms with Gasteiger partial charge in [-0.2, -0.15) is 0 Å². The Hall–Kier alpha value is -3.29. The Morgan fingerprint density at radius 1 is 1.05 bits per heavy atom. The maximum absolute atomic E-state index is 13.8. The monoisotopic (exact) mass is 525 g/mol. The third kappa shape index (κ3) is 5.31. The second kappa shape index (κ2) is 10.8. The van der Waals surface area contributed by atoms with Crippen molar-refractivity contribution in [3.05, 3.63) is 82.6 Å². The molecule has 1 saturated heterocycles. The van der Waals surface area contributed by atoms with Gasteiger partial charge in [0.1, 0.15) is 5.01 Å². The Bertz CT molecular complexity index is 1410. The first kappa shape index (κ1) is 25.0. The van der Waals surface area contributed by atoms with Crippen molar-refractivity contribution in [1.29, 1.82) is 0 Å². The highest BCUT2D eigenvalue weighted by molar-refractivity contribution is 7.13. The van der Waals surface area contributed by atoms with E-state index in [1.807, 2.05) is 17.2 Å². The minimum absolute atomic E-state index is 0.148. The van der Waals surface area contributed by atoms with Crippen LogP contribution in [0.2, 0.25) is 0 Å². The molecule has 0 N–H and O–H groups in total. The highest BCUT2D eigenvalue weighted by atomic mass is 32.1. The Morgan fingerprint density at radius 3 is 2.58 bits per heavy atom. The molecule has 1 amide bonds. The number of carbonyl (C=O) groups is 1. The van der Waals surface area contributed by atoms with E-state index < -0.39 is 0 Å². The minimum Gasteiger partial charge on any atom is -0.343 e. The molecule has 0 unspecified atom stereocenters. The fourth-order valence-corrected chi connectivity index (χ4v) is 6.13. The van der Waals surface area contributed by atoms with Gasteiger partial charge in [-0.05, 0) is 55.9 Å². The van der Waals surface area contributed by atoms with Crippen molar-refractivity contribution in [1.82, 2.24) is 24.3 Å². The number of hydrogen-bond acceptors (Lipinski definition) is 5. The minimum atomic E-state index is 0.148. The highest BCUT2D eigenvalue weighted by Crippen LogP contribution is 2.36. The summed E-state index contributed by atoms with van der Waals surface area (Å²) in [4.78, 5) is 27.7. The van der Waals surface area contributed by atoms with Gasteiger partial charge in [0.25, 0.3) is 5.91 Å². The zero-order valence-electron chi connectivity index (χ0n) is 22.3. The Labute approximate surface area is 229 Å². The molecule has 0 bridgehead atoms. The van der Waals surface area contributed by atoms with Crippen LogP contribution in [0.3, 0.4) is 0 Å². The van der Waals surface area contributed by atoms with Gasteiger partial charge in [-0.25, -0.2) is 4.98 Å². The van der Waals surface area contributed by atoms with E-state index in [0.717, 1.165) is 84.6 Å². The molecular formula is C31H35N5OS. The number of benzene rings is 1. The molecule has 1 aliphatic heterocycles. The number of thiazole rings is 1. The summed E-state index contributed by atoms with van der Waals surface area (Å²) >= 11 is 1.66. The van der Waals surface area contributed by atoms with E-state index in [9.17, 15) is 4.79 Å². The molecule has 4 aromatic rings. The quantitative estimate of drug-likeness (QED) is 0.287. The van der Waals surface area contributed by atoms with Crippen LogP contribution in [0.1, 0.15) is 47.1 Å². The molecule has 2 fully saturated rings. The standard InChI is InChI=1S/C31H35N5OS/c1-3-26-17-25(11-12-32-26)30-33-28(21-38-30)29-18-27(22(2)36(29)20-24-9-10-24)31(37)35-15-13-34(14-16-35)19-23-7-5-4-6-8-23/h4-8,11-12,17-18,21,24H,3,9-10,13-16,19-20H2,1-2H3. The van der Waals surface area contributed by atoms with Crippen LogP contribution in [-0.2, 0) is 19.5 Å². The molecule has 7 heteroatoms. The molecular weight excluding hydrogens is 490 g/mol. The van der Waals surface area contributed by atoms with E-state index in [-0.39, 0.29) is 5.91 Å². The Kier molecular flexibility index (Phi) is 7.13. The summed E-state index contributed by atoms with van der Waals surface area (Å²) in [5.74, 6) is 0.851. The first-order valence-electron chi connectivity index (χ1n) is 13.8. The third-order valence-electron chi connectivity index (χ3n) is 7.84. The van der Waals surface area contributed by atoms with Gasteiger partial charge in [-0.15, -0.1) is 11.3 Å². The van der Waals surface area contributed by atoms with Gasteiger partial charge >= 0.3 is 0 Å². The Morgan fingerprint density at radius 2 is 1.84 bits per heavy atom. The average molecular weight is 526 g/mol. The summed E-state index contributed by atoms with van der Waals surface area (Å²) in [6.07, 6.45) is 5.30. The number of rotatable bonds is 8. The van der Waals surface area contributed by atoms with Crippen LogP contribution in [0, 0.1) is 12.8 Å². The lowest BCUT2D eigenvalue weighted by molar-refractivity contribution is 0.0627. The average Bonchev–Trinajstić information content (AvgIpc) is 3.54. The maximum Gasteiger partial charge on any atom is 0.255 e. The molecule has 0 spiro atoms. The predicted molar refractivity (Wildman–Crippen MR) is 153 cm³/mol. The van der Waals surface area contributed by atoms with Gasteiger partial charge < -0.3 is 9.47 Å². The number of aromatic nitrogens is 3. The van der Waals surface area contributed by atoms with Gasteiger partial charge in [0, 0.05) is 67.8 Å². The van der Waals surface area contributed by atoms with Crippen molar-refractivity contribution in [2.24, 2.45) is 5.92 Å². The third-order valence-corrected chi connectivity index (χ3v) is 8.73. The maximum atomic E-state index is 13.8. The zero-order valence-corrected chi connectivity index (χ0v) is 23.1. The lowest BCUT2D eigenvalue weighted by Gasteiger charge is -2.34. The summed E-state index contributed by atoms with van der Waals surface area (Å²) in [5, 5.41) is 3.13. The molecule has 0 atom stereocenters. The molecule has 1 aromatic carbocycles. The van der Waals surface area contributed by atoms with E-state index in [4.69, 9.17) is 4.98 Å². The molecule has 3 aromatic heterocycles. The molecule has 38 heavy (non-hydrogen) atoms. The lowest BCUT2D eigenvalue weighted by Crippen LogP contribution is -2.48.